The fourth-order valence-corrected chi connectivity index (χ4v) is 3.48. The molecule has 2 rings (SSSR count). The largest absolute Gasteiger partial charge is 0.363 e. The third-order valence-electron chi connectivity index (χ3n) is 4.21. The maximum Gasteiger partial charge on any atom is 0.166 e. The van der Waals surface area contributed by atoms with Crippen molar-refractivity contribution < 1.29 is 0 Å². The van der Waals surface area contributed by atoms with Crippen molar-refractivity contribution >= 4 is 17.3 Å². The summed E-state index contributed by atoms with van der Waals surface area (Å²) in [5.41, 5.74) is 0. The standard InChI is InChI=1S/C13H25N3S/c1-3-7-14-13(17)15-10-8-11-5-4-6-12(9-10)16(11)2/h10-12H,3-9H2,1-2H3,(H2,14,15,17). The minimum Gasteiger partial charge on any atom is -0.363 e. The molecule has 0 aromatic rings. The summed E-state index contributed by atoms with van der Waals surface area (Å²) < 4.78 is 0. The number of piperidine rings is 2. The van der Waals surface area contributed by atoms with E-state index in [9.17, 15) is 0 Å². The lowest BCUT2D eigenvalue weighted by Crippen LogP contribution is -2.56. The highest BCUT2D eigenvalue weighted by Crippen LogP contribution is 2.32. The Morgan fingerprint density at radius 2 is 1.94 bits per heavy atom. The number of fused-ring (bicyclic) bond motifs is 2. The van der Waals surface area contributed by atoms with Crippen LogP contribution in [0.25, 0.3) is 0 Å². The van der Waals surface area contributed by atoms with Crippen molar-refractivity contribution in [3.63, 3.8) is 0 Å². The molecule has 0 amide bonds. The molecule has 2 saturated heterocycles. The average molecular weight is 255 g/mol. The monoisotopic (exact) mass is 255 g/mol. The van der Waals surface area contributed by atoms with Gasteiger partial charge in [-0.3, -0.25) is 0 Å². The zero-order valence-electron chi connectivity index (χ0n) is 11.0. The molecule has 0 saturated carbocycles. The Balaban J connectivity index is 1.81. The summed E-state index contributed by atoms with van der Waals surface area (Å²) in [4.78, 5) is 2.59. The Bertz CT molecular complexity index is 255. The molecule has 3 nitrogen and oxygen atoms in total. The van der Waals surface area contributed by atoms with E-state index in [1.807, 2.05) is 0 Å². The van der Waals surface area contributed by atoms with Crippen LogP contribution < -0.4 is 10.6 Å². The predicted molar refractivity (Wildman–Crippen MR) is 76.2 cm³/mol. The Hall–Kier alpha value is -0.350. The number of thiocarbonyl (C=S) groups is 1. The van der Waals surface area contributed by atoms with Gasteiger partial charge in [0.2, 0.25) is 0 Å². The van der Waals surface area contributed by atoms with Crippen LogP contribution in [0, 0.1) is 0 Å². The second-order valence-corrected chi connectivity index (χ2v) is 5.88. The Morgan fingerprint density at radius 1 is 1.29 bits per heavy atom. The second kappa shape index (κ2) is 6.01. The molecular weight excluding hydrogens is 230 g/mol. The van der Waals surface area contributed by atoms with Gasteiger partial charge in [0.15, 0.2) is 5.11 Å². The SMILES string of the molecule is CCCNC(=S)NC1CC2CCCC(C1)N2C. The molecule has 2 aliphatic rings. The van der Waals surface area contributed by atoms with E-state index in [-0.39, 0.29) is 0 Å². The summed E-state index contributed by atoms with van der Waals surface area (Å²) in [6, 6.07) is 2.13. The van der Waals surface area contributed by atoms with E-state index >= 15 is 0 Å². The summed E-state index contributed by atoms with van der Waals surface area (Å²) in [7, 11) is 2.29. The number of rotatable bonds is 3. The molecule has 2 atom stereocenters. The molecule has 0 radical (unpaired) electrons. The van der Waals surface area contributed by atoms with Gasteiger partial charge in [-0.15, -0.1) is 0 Å². The van der Waals surface area contributed by atoms with Crippen LogP contribution in [0.3, 0.4) is 0 Å². The van der Waals surface area contributed by atoms with Crippen LogP contribution in [0.5, 0.6) is 0 Å². The molecule has 4 heteroatoms. The second-order valence-electron chi connectivity index (χ2n) is 5.47. The molecule has 2 unspecified atom stereocenters. The topological polar surface area (TPSA) is 27.3 Å². The van der Waals surface area contributed by atoms with Gasteiger partial charge >= 0.3 is 0 Å². The lowest BCUT2D eigenvalue weighted by Gasteiger charge is -2.47. The first-order valence-electron chi connectivity index (χ1n) is 6.97. The van der Waals surface area contributed by atoms with Crippen molar-refractivity contribution in [2.45, 2.75) is 63.6 Å². The smallest absolute Gasteiger partial charge is 0.166 e. The number of nitrogens with zero attached hydrogens (tertiary/aromatic N) is 1. The maximum absolute atomic E-state index is 5.33. The zero-order chi connectivity index (χ0) is 12.3. The van der Waals surface area contributed by atoms with Crippen LogP contribution in [0.4, 0.5) is 0 Å². The highest BCUT2D eigenvalue weighted by Gasteiger charge is 2.35. The molecule has 2 aliphatic heterocycles. The first-order chi connectivity index (χ1) is 8.20. The third kappa shape index (κ3) is 3.32. The van der Waals surface area contributed by atoms with Crippen molar-refractivity contribution in [2.75, 3.05) is 13.6 Å². The Morgan fingerprint density at radius 3 is 2.53 bits per heavy atom. The minimum atomic E-state index is 0.582. The van der Waals surface area contributed by atoms with E-state index in [2.05, 4.69) is 29.5 Å². The van der Waals surface area contributed by atoms with Gasteiger partial charge in [0.1, 0.15) is 0 Å². The van der Waals surface area contributed by atoms with Gasteiger partial charge in [-0.2, -0.15) is 0 Å². The lowest BCUT2D eigenvalue weighted by molar-refractivity contribution is 0.0528. The molecule has 0 aliphatic carbocycles. The van der Waals surface area contributed by atoms with Crippen molar-refractivity contribution in [3.05, 3.63) is 0 Å². The molecule has 0 spiro atoms. The van der Waals surface area contributed by atoms with E-state index in [0.29, 0.717) is 6.04 Å². The summed E-state index contributed by atoms with van der Waals surface area (Å²) >= 11 is 5.33. The van der Waals surface area contributed by atoms with Gasteiger partial charge in [0.25, 0.3) is 0 Å². The van der Waals surface area contributed by atoms with Crippen molar-refractivity contribution in [2.24, 2.45) is 0 Å². The molecule has 2 bridgehead atoms. The lowest BCUT2D eigenvalue weighted by atomic mass is 9.82. The van der Waals surface area contributed by atoms with Crippen LogP contribution >= 0.6 is 12.2 Å². The van der Waals surface area contributed by atoms with Crippen molar-refractivity contribution in [1.29, 1.82) is 0 Å². The van der Waals surface area contributed by atoms with E-state index in [1.165, 1.54) is 32.1 Å². The highest BCUT2D eigenvalue weighted by molar-refractivity contribution is 7.80. The minimum absolute atomic E-state index is 0.582. The first kappa shape index (κ1) is 13.1. The highest BCUT2D eigenvalue weighted by atomic mass is 32.1. The van der Waals surface area contributed by atoms with Gasteiger partial charge < -0.3 is 15.5 Å². The predicted octanol–water partition coefficient (Wildman–Crippen LogP) is 1.88. The summed E-state index contributed by atoms with van der Waals surface area (Å²) in [6.07, 6.45) is 7.76. The maximum atomic E-state index is 5.33. The summed E-state index contributed by atoms with van der Waals surface area (Å²) in [5.74, 6) is 0. The van der Waals surface area contributed by atoms with Crippen LogP contribution in [-0.2, 0) is 0 Å². The van der Waals surface area contributed by atoms with Gasteiger partial charge in [-0.05, 0) is 51.4 Å². The summed E-state index contributed by atoms with van der Waals surface area (Å²) in [6.45, 7) is 3.14. The van der Waals surface area contributed by atoms with Crippen molar-refractivity contribution in [3.8, 4) is 0 Å². The van der Waals surface area contributed by atoms with Crippen molar-refractivity contribution in [1.82, 2.24) is 15.5 Å². The Kier molecular flexibility index (Phi) is 4.62. The van der Waals surface area contributed by atoms with Crippen LogP contribution in [0.1, 0.15) is 45.4 Å². The normalized spacial score (nSPS) is 33.2. The van der Waals surface area contributed by atoms with Crippen LogP contribution in [0.15, 0.2) is 0 Å². The van der Waals surface area contributed by atoms with Gasteiger partial charge in [-0.1, -0.05) is 13.3 Å². The quantitative estimate of drug-likeness (QED) is 0.753. The van der Waals surface area contributed by atoms with E-state index in [0.717, 1.165) is 30.2 Å². The third-order valence-corrected chi connectivity index (χ3v) is 4.47. The zero-order valence-corrected chi connectivity index (χ0v) is 11.9. The Labute approximate surface area is 110 Å². The first-order valence-corrected chi connectivity index (χ1v) is 7.37. The molecular formula is C13H25N3S. The fraction of sp³-hybridized carbons (Fsp3) is 0.923. The molecule has 2 fully saturated rings. The number of hydrogen-bond acceptors (Lipinski definition) is 2. The van der Waals surface area contributed by atoms with Crippen LogP contribution in [0.2, 0.25) is 0 Å². The van der Waals surface area contributed by atoms with Gasteiger partial charge in [0.05, 0.1) is 0 Å². The molecule has 2 N–H and O–H groups in total. The van der Waals surface area contributed by atoms with Crippen LogP contribution in [-0.4, -0.2) is 41.7 Å². The molecule has 17 heavy (non-hydrogen) atoms. The van der Waals surface area contributed by atoms with Gasteiger partial charge in [-0.25, -0.2) is 0 Å². The van der Waals surface area contributed by atoms with E-state index < -0.39 is 0 Å². The average Bonchev–Trinajstić information content (AvgIpc) is 2.28. The molecule has 0 aromatic heterocycles. The number of nitrogens with one attached hydrogen (secondary N) is 2. The molecule has 2 heterocycles. The fourth-order valence-electron chi connectivity index (χ4n) is 3.21. The van der Waals surface area contributed by atoms with E-state index in [1.54, 1.807) is 0 Å². The van der Waals surface area contributed by atoms with E-state index in [4.69, 9.17) is 12.2 Å². The van der Waals surface area contributed by atoms with Gasteiger partial charge in [0, 0.05) is 24.7 Å². The molecule has 0 aromatic carbocycles. The summed E-state index contributed by atoms with van der Waals surface area (Å²) in [5, 5.41) is 7.61. The molecule has 98 valence electrons. The number of hydrogen-bond donors (Lipinski definition) is 2.